The van der Waals surface area contributed by atoms with Gasteiger partial charge in [0, 0.05) is 17.6 Å². The van der Waals surface area contributed by atoms with Crippen LogP contribution in [0.2, 0.25) is 5.02 Å². The molecule has 1 atom stereocenters. The lowest BCUT2D eigenvalue weighted by Gasteiger charge is -2.30. The van der Waals surface area contributed by atoms with Crippen molar-refractivity contribution in [1.82, 2.24) is 10.2 Å². The SMILES string of the molecule is Cc1ccccc1CN(C(=O)COc1cccc(Cl)c1)[C@@H](C)C(=O)NC1CCCC1. The number of nitrogens with one attached hydrogen (secondary N) is 1. The van der Waals surface area contributed by atoms with E-state index in [1.807, 2.05) is 31.2 Å². The van der Waals surface area contributed by atoms with Crippen LogP contribution >= 0.6 is 11.6 Å². The molecule has 0 unspecified atom stereocenters. The van der Waals surface area contributed by atoms with Crippen molar-refractivity contribution in [2.45, 2.75) is 58.2 Å². The highest BCUT2D eigenvalue weighted by Gasteiger charge is 2.29. The second kappa shape index (κ2) is 10.5. The van der Waals surface area contributed by atoms with Gasteiger partial charge < -0.3 is 15.0 Å². The summed E-state index contributed by atoms with van der Waals surface area (Å²) in [5.41, 5.74) is 2.09. The summed E-state index contributed by atoms with van der Waals surface area (Å²) in [7, 11) is 0. The van der Waals surface area contributed by atoms with Gasteiger partial charge in [-0.3, -0.25) is 9.59 Å². The van der Waals surface area contributed by atoms with E-state index in [1.165, 1.54) is 0 Å². The van der Waals surface area contributed by atoms with Crippen LogP contribution in [-0.4, -0.2) is 35.4 Å². The quantitative estimate of drug-likeness (QED) is 0.673. The van der Waals surface area contributed by atoms with Crippen LogP contribution in [0.5, 0.6) is 5.75 Å². The minimum atomic E-state index is -0.597. The summed E-state index contributed by atoms with van der Waals surface area (Å²) in [4.78, 5) is 27.6. The molecular weight excluding hydrogens is 400 g/mol. The summed E-state index contributed by atoms with van der Waals surface area (Å²) in [5, 5.41) is 3.65. The van der Waals surface area contributed by atoms with Crippen LogP contribution in [0, 0.1) is 6.92 Å². The normalized spacial score (nSPS) is 14.9. The molecule has 2 aromatic carbocycles. The Labute approximate surface area is 183 Å². The van der Waals surface area contributed by atoms with Gasteiger partial charge >= 0.3 is 0 Å². The fraction of sp³-hybridized carbons (Fsp3) is 0.417. The molecule has 30 heavy (non-hydrogen) atoms. The minimum absolute atomic E-state index is 0.119. The number of benzene rings is 2. The number of amides is 2. The maximum absolute atomic E-state index is 13.1. The van der Waals surface area contributed by atoms with Crippen LogP contribution in [0.3, 0.4) is 0 Å². The highest BCUT2D eigenvalue weighted by Crippen LogP contribution is 2.20. The molecule has 1 fully saturated rings. The van der Waals surface area contributed by atoms with Gasteiger partial charge in [0.25, 0.3) is 5.91 Å². The van der Waals surface area contributed by atoms with Gasteiger partial charge in [-0.05, 0) is 56.0 Å². The van der Waals surface area contributed by atoms with Crippen LogP contribution in [-0.2, 0) is 16.1 Å². The number of hydrogen-bond donors (Lipinski definition) is 1. The van der Waals surface area contributed by atoms with Crippen molar-refractivity contribution in [3.63, 3.8) is 0 Å². The van der Waals surface area contributed by atoms with Crippen LogP contribution in [0.15, 0.2) is 48.5 Å². The number of rotatable bonds is 8. The van der Waals surface area contributed by atoms with E-state index < -0.39 is 6.04 Å². The van der Waals surface area contributed by atoms with Gasteiger partial charge in [-0.2, -0.15) is 0 Å². The zero-order chi connectivity index (χ0) is 21.5. The molecule has 5 nitrogen and oxygen atoms in total. The molecule has 1 aliphatic carbocycles. The molecule has 0 aliphatic heterocycles. The lowest BCUT2D eigenvalue weighted by Crippen LogP contribution is -2.50. The monoisotopic (exact) mass is 428 g/mol. The standard InChI is InChI=1S/C24H29ClN2O3/c1-17-8-3-4-9-19(17)15-27(18(2)24(29)26-21-11-5-6-12-21)23(28)16-30-22-13-7-10-20(25)14-22/h3-4,7-10,13-14,18,21H,5-6,11-12,15-16H2,1-2H3,(H,26,29)/t18-/m0/s1. The first kappa shape index (κ1) is 22.2. The molecule has 2 amide bonds. The Morgan fingerprint density at radius 3 is 2.60 bits per heavy atom. The van der Waals surface area contributed by atoms with Gasteiger partial charge in [-0.1, -0.05) is 54.8 Å². The summed E-state index contributed by atoms with van der Waals surface area (Å²) in [6.07, 6.45) is 4.28. The first-order chi connectivity index (χ1) is 14.4. The molecule has 0 aromatic heterocycles. The fourth-order valence-electron chi connectivity index (χ4n) is 3.73. The molecule has 3 rings (SSSR count). The lowest BCUT2D eigenvalue weighted by molar-refractivity contribution is -0.142. The predicted molar refractivity (Wildman–Crippen MR) is 119 cm³/mol. The highest BCUT2D eigenvalue weighted by molar-refractivity contribution is 6.30. The molecule has 6 heteroatoms. The number of aryl methyl sites for hydroxylation is 1. The van der Waals surface area contributed by atoms with E-state index in [2.05, 4.69) is 5.32 Å². The first-order valence-corrected chi connectivity index (χ1v) is 10.8. The molecule has 1 saturated carbocycles. The molecule has 1 aliphatic rings. The van der Waals surface area contributed by atoms with Crippen molar-refractivity contribution in [3.05, 3.63) is 64.7 Å². The maximum Gasteiger partial charge on any atom is 0.261 e. The minimum Gasteiger partial charge on any atom is -0.484 e. The third-order valence-electron chi connectivity index (χ3n) is 5.63. The fourth-order valence-corrected chi connectivity index (χ4v) is 3.91. The number of nitrogens with zero attached hydrogens (tertiary/aromatic N) is 1. The van der Waals surface area contributed by atoms with Crippen LogP contribution in [0.4, 0.5) is 0 Å². The summed E-state index contributed by atoms with van der Waals surface area (Å²) in [6, 6.07) is 14.4. The number of halogens is 1. The van der Waals surface area contributed by atoms with Gasteiger partial charge in [-0.25, -0.2) is 0 Å². The van der Waals surface area contributed by atoms with E-state index >= 15 is 0 Å². The van der Waals surface area contributed by atoms with E-state index in [9.17, 15) is 9.59 Å². The number of carbonyl (C=O) groups excluding carboxylic acids is 2. The Morgan fingerprint density at radius 1 is 1.17 bits per heavy atom. The zero-order valence-electron chi connectivity index (χ0n) is 17.6. The maximum atomic E-state index is 13.1. The van der Waals surface area contributed by atoms with Crippen molar-refractivity contribution < 1.29 is 14.3 Å². The Balaban J connectivity index is 1.72. The summed E-state index contributed by atoms with van der Waals surface area (Å²) < 4.78 is 5.65. The molecule has 160 valence electrons. The summed E-state index contributed by atoms with van der Waals surface area (Å²) in [5.74, 6) is 0.161. The third-order valence-corrected chi connectivity index (χ3v) is 5.86. The smallest absolute Gasteiger partial charge is 0.261 e. The van der Waals surface area contributed by atoms with Gasteiger partial charge in [0.2, 0.25) is 5.91 Å². The Bertz CT molecular complexity index is 880. The molecule has 0 radical (unpaired) electrons. The van der Waals surface area contributed by atoms with Gasteiger partial charge in [-0.15, -0.1) is 0 Å². The van der Waals surface area contributed by atoms with E-state index in [1.54, 1.807) is 36.1 Å². The molecule has 0 spiro atoms. The average Bonchev–Trinajstić information content (AvgIpc) is 3.24. The van der Waals surface area contributed by atoms with E-state index in [0.29, 0.717) is 17.3 Å². The predicted octanol–water partition coefficient (Wildman–Crippen LogP) is 4.50. The Morgan fingerprint density at radius 2 is 1.90 bits per heavy atom. The van der Waals surface area contributed by atoms with Crippen molar-refractivity contribution in [2.75, 3.05) is 6.61 Å². The second-order valence-corrected chi connectivity index (χ2v) is 8.30. The van der Waals surface area contributed by atoms with Crippen molar-refractivity contribution in [1.29, 1.82) is 0 Å². The zero-order valence-corrected chi connectivity index (χ0v) is 18.3. The summed E-state index contributed by atoms with van der Waals surface area (Å²) >= 11 is 5.99. The van der Waals surface area contributed by atoms with Crippen LogP contribution < -0.4 is 10.1 Å². The molecule has 0 heterocycles. The molecule has 1 N–H and O–H groups in total. The molecule has 0 saturated heterocycles. The number of hydrogen-bond acceptors (Lipinski definition) is 3. The largest absolute Gasteiger partial charge is 0.484 e. The van der Waals surface area contributed by atoms with Gasteiger partial charge in [0.05, 0.1) is 0 Å². The van der Waals surface area contributed by atoms with E-state index in [0.717, 1.165) is 36.8 Å². The van der Waals surface area contributed by atoms with E-state index in [4.69, 9.17) is 16.3 Å². The van der Waals surface area contributed by atoms with Crippen molar-refractivity contribution in [2.24, 2.45) is 0 Å². The van der Waals surface area contributed by atoms with Crippen molar-refractivity contribution >= 4 is 23.4 Å². The Kier molecular flexibility index (Phi) is 7.75. The van der Waals surface area contributed by atoms with Gasteiger partial charge in [0.15, 0.2) is 6.61 Å². The highest BCUT2D eigenvalue weighted by atomic mass is 35.5. The lowest BCUT2D eigenvalue weighted by atomic mass is 10.1. The molecular formula is C24H29ClN2O3. The second-order valence-electron chi connectivity index (χ2n) is 7.86. The average molecular weight is 429 g/mol. The topological polar surface area (TPSA) is 58.6 Å². The first-order valence-electron chi connectivity index (χ1n) is 10.5. The Hall–Kier alpha value is -2.53. The molecule has 0 bridgehead atoms. The van der Waals surface area contributed by atoms with Crippen molar-refractivity contribution in [3.8, 4) is 5.75 Å². The third kappa shape index (κ3) is 5.99. The van der Waals surface area contributed by atoms with Crippen LogP contribution in [0.25, 0.3) is 0 Å². The number of ether oxygens (including phenoxy) is 1. The van der Waals surface area contributed by atoms with Crippen LogP contribution in [0.1, 0.15) is 43.7 Å². The van der Waals surface area contributed by atoms with Gasteiger partial charge in [0.1, 0.15) is 11.8 Å². The van der Waals surface area contributed by atoms with E-state index in [-0.39, 0.29) is 24.5 Å². The number of carbonyl (C=O) groups is 2. The summed E-state index contributed by atoms with van der Waals surface area (Å²) in [6.45, 7) is 3.97. The molecule has 2 aromatic rings.